The molecule has 1 aliphatic carbocycles. The topological polar surface area (TPSA) is 80.0 Å². The number of nitrogens with one attached hydrogen (secondary N) is 2. The fourth-order valence-corrected chi connectivity index (χ4v) is 2.29. The smallest absolute Gasteiger partial charge is 0.231 e. The molecule has 1 aliphatic rings. The van der Waals surface area contributed by atoms with Crippen LogP contribution in [0.3, 0.4) is 0 Å². The molecule has 7 heteroatoms. The summed E-state index contributed by atoms with van der Waals surface area (Å²) >= 11 is 0. The monoisotopic (exact) mass is 350 g/mol. The van der Waals surface area contributed by atoms with E-state index in [1.54, 1.807) is 0 Å². The first-order chi connectivity index (χ1) is 11.1. The van der Waals surface area contributed by atoms with E-state index in [4.69, 9.17) is 4.52 Å². The second-order valence-corrected chi connectivity index (χ2v) is 6.14. The lowest BCUT2D eigenvalue weighted by Gasteiger charge is -2.05. The van der Waals surface area contributed by atoms with Gasteiger partial charge in [-0.2, -0.15) is 4.98 Å². The van der Waals surface area contributed by atoms with Gasteiger partial charge in [-0.05, 0) is 44.5 Å². The molecule has 1 atom stereocenters. The number of halogens is 1. The van der Waals surface area contributed by atoms with E-state index in [0.29, 0.717) is 18.4 Å². The third kappa shape index (κ3) is 5.04. The Bertz CT molecular complexity index is 667. The van der Waals surface area contributed by atoms with Gasteiger partial charge >= 0.3 is 0 Å². The molecule has 3 rings (SSSR count). The zero-order valence-corrected chi connectivity index (χ0v) is 14.7. The van der Waals surface area contributed by atoms with Crippen LogP contribution in [0.4, 0.5) is 5.69 Å². The zero-order chi connectivity index (χ0) is 16.2. The maximum absolute atomic E-state index is 11.7. The maximum atomic E-state index is 11.7. The fraction of sp³-hybridized carbons (Fsp3) is 0.471. The Morgan fingerprint density at radius 2 is 2.04 bits per heavy atom. The van der Waals surface area contributed by atoms with Crippen LogP contribution < -0.4 is 10.6 Å². The Morgan fingerprint density at radius 3 is 2.67 bits per heavy atom. The highest BCUT2D eigenvalue weighted by Gasteiger charge is 2.29. The lowest BCUT2D eigenvalue weighted by Crippen LogP contribution is -2.24. The van der Waals surface area contributed by atoms with Gasteiger partial charge in [0.25, 0.3) is 0 Å². The Morgan fingerprint density at radius 1 is 1.33 bits per heavy atom. The van der Waals surface area contributed by atoms with Crippen LogP contribution in [0.1, 0.15) is 37.0 Å². The van der Waals surface area contributed by atoms with Gasteiger partial charge in [0.15, 0.2) is 5.82 Å². The third-order valence-corrected chi connectivity index (χ3v) is 4.02. The summed E-state index contributed by atoms with van der Waals surface area (Å²) in [6.07, 6.45) is 3.36. The molecule has 1 saturated carbocycles. The van der Waals surface area contributed by atoms with Crippen molar-refractivity contribution in [3.8, 4) is 0 Å². The van der Waals surface area contributed by atoms with Crippen LogP contribution in [-0.4, -0.2) is 29.1 Å². The fourth-order valence-electron chi connectivity index (χ4n) is 2.29. The highest BCUT2D eigenvalue weighted by Crippen LogP contribution is 2.30. The Labute approximate surface area is 147 Å². The van der Waals surface area contributed by atoms with Crippen molar-refractivity contribution < 1.29 is 9.32 Å². The number of hydrogen-bond acceptors (Lipinski definition) is 5. The predicted molar refractivity (Wildman–Crippen MR) is 94.4 cm³/mol. The molecule has 2 N–H and O–H groups in total. The number of carbonyl (C=O) groups is 1. The second kappa shape index (κ2) is 8.26. The molecule has 1 aromatic heterocycles. The highest BCUT2D eigenvalue weighted by atomic mass is 35.5. The Hall–Kier alpha value is -1.92. The molecule has 0 aliphatic heterocycles. The molecule has 1 fully saturated rings. The predicted octanol–water partition coefficient (Wildman–Crippen LogP) is 2.58. The molecular weight excluding hydrogens is 328 g/mol. The van der Waals surface area contributed by atoms with Crippen molar-refractivity contribution in [3.63, 3.8) is 0 Å². The second-order valence-electron chi connectivity index (χ2n) is 6.14. The summed E-state index contributed by atoms with van der Waals surface area (Å²) in [7, 11) is 1.91. The van der Waals surface area contributed by atoms with E-state index >= 15 is 0 Å². The molecule has 6 nitrogen and oxygen atoms in total. The summed E-state index contributed by atoms with van der Waals surface area (Å²) in [6.45, 7) is 2.07. The van der Waals surface area contributed by atoms with Crippen LogP contribution in [0.15, 0.2) is 28.8 Å². The van der Waals surface area contributed by atoms with Crippen LogP contribution in [0.2, 0.25) is 0 Å². The lowest BCUT2D eigenvalue weighted by molar-refractivity contribution is -0.117. The van der Waals surface area contributed by atoms with Crippen LogP contribution in [0, 0.1) is 5.92 Å². The van der Waals surface area contributed by atoms with Crippen molar-refractivity contribution in [1.82, 2.24) is 15.5 Å². The van der Waals surface area contributed by atoms with Crippen molar-refractivity contribution in [2.75, 3.05) is 12.4 Å². The normalized spacial score (nSPS) is 14.8. The largest absolute Gasteiger partial charge is 0.339 e. The molecule has 1 aromatic carbocycles. The molecule has 2 aromatic rings. The average Bonchev–Trinajstić information content (AvgIpc) is 3.32. The summed E-state index contributed by atoms with van der Waals surface area (Å²) in [6, 6.07) is 8.09. The maximum Gasteiger partial charge on any atom is 0.231 e. The van der Waals surface area contributed by atoms with Gasteiger partial charge in [0, 0.05) is 24.1 Å². The number of anilines is 1. The molecule has 1 amide bonds. The van der Waals surface area contributed by atoms with Gasteiger partial charge in [-0.3, -0.25) is 4.79 Å². The summed E-state index contributed by atoms with van der Waals surface area (Å²) in [4.78, 5) is 16.1. The summed E-state index contributed by atoms with van der Waals surface area (Å²) < 4.78 is 5.29. The van der Waals surface area contributed by atoms with E-state index in [-0.39, 0.29) is 24.2 Å². The number of amides is 1. The average molecular weight is 351 g/mol. The first-order valence-electron chi connectivity index (χ1n) is 8.02. The summed E-state index contributed by atoms with van der Waals surface area (Å²) in [5.74, 6) is 1.66. The van der Waals surface area contributed by atoms with E-state index in [2.05, 4.69) is 27.7 Å². The van der Waals surface area contributed by atoms with E-state index < -0.39 is 0 Å². The summed E-state index contributed by atoms with van der Waals surface area (Å²) in [5.41, 5.74) is 1.91. The minimum atomic E-state index is 0. The Kier molecular flexibility index (Phi) is 6.34. The molecule has 1 heterocycles. The SMILES string of the molecule is CNC(C)Cc1noc(Cc2ccc(NC(=O)C3CC3)cc2)n1.Cl. The molecule has 24 heavy (non-hydrogen) atoms. The van der Waals surface area contributed by atoms with Gasteiger partial charge in [-0.25, -0.2) is 0 Å². The number of nitrogens with zero attached hydrogens (tertiary/aromatic N) is 2. The van der Waals surface area contributed by atoms with Gasteiger partial charge in [0.1, 0.15) is 0 Å². The van der Waals surface area contributed by atoms with Gasteiger partial charge in [0.2, 0.25) is 11.8 Å². The van der Waals surface area contributed by atoms with Crippen molar-refractivity contribution in [3.05, 3.63) is 41.5 Å². The molecule has 1 unspecified atom stereocenters. The molecule has 0 spiro atoms. The standard InChI is InChI=1S/C17H22N4O2.ClH/c1-11(18-2)9-15-20-16(23-21-15)10-12-3-7-14(8-4-12)19-17(22)13-5-6-13;/h3-4,7-8,11,13,18H,5-6,9-10H2,1-2H3,(H,19,22);1H. The molecular formula is C17H23ClN4O2. The van der Waals surface area contributed by atoms with Crippen molar-refractivity contribution in [2.45, 2.75) is 38.6 Å². The minimum Gasteiger partial charge on any atom is -0.339 e. The third-order valence-electron chi connectivity index (χ3n) is 4.02. The summed E-state index contributed by atoms with van der Waals surface area (Å²) in [5, 5.41) is 10.1. The molecule has 0 bridgehead atoms. The van der Waals surface area contributed by atoms with E-state index in [1.165, 1.54) is 0 Å². The molecule has 0 radical (unpaired) electrons. The highest BCUT2D eigenvalue weighted by molar-refractivity contribution is 5.94. The van der Waals surface area contributed by atoms with Crippen molar-refractivity contribution in [2.24, 2.45) is 5.92 Å². The number of benzene rings is 1. The van der Waals surface area contributed by atoms with Crippen LogP contribution in [0.5, 0.6) is 0 Å². The first-order valence-corrected chi connectivity index (χ1v) is 8.02. The lowest BCUT2D eigenvalue weighted by atomic mass is 10.1. The number of rotatable bonds is 7. The molecule has 130 valence electrons. The number of likely N-dealkylation sites (N-methyl/N-ethyl adjacent to an activating group) is 1. The van der Waals surface area contributed by atoms with E-state index in [0.717, 1.165) is 36.3 Å². The van der Waals surface area contributed by atoms with E-state index in [9.17, 15) is 4.79 Å². The minimum absolute atomic E-state index is 0. The Balaban J connectivity index is 0.00000208. The first kappa shape index (κ1) is 18.4. The van der Waals surface area contributed by atoms with Crippen molar-refractivity contribution in [1.29, 1.82) is 0 Å². The van der Waals surface area contributed by atoms with Crippen molar-refractivity contribution >= 4 is 24.0 Å². The zero-order valence-electron chi connectivity index (χ0n) is 13.9. The van der Waals surface area contributed by atoms with E-state index in [1.807, 2.05) is 31.3 Å². The number of carbonyl (C=O) groups excluding carboxylic acids is 1. The van der Waals surface area contributed by atoms with Crippen LogP contribution in [-0.2, 0) is 17.6 Å². The quantitative estimate of drug-likeness (QED) is 0.802. The van der Waals surface area contributed by atoms with Gasteiger partial charge in [-0.15, -0.1) is 12.4 Å². The molecule has 0 saturated heterocycles. The van der Waals surface area contributed by atoms with Gasteiger partial charge in [-0.1, -0.05) is 17.3 Å². The number of aromatic nitrogens is 2. The van der Waals surface area contributed by atoms with Gasteiger partial charge < -0.3 is 15.2 Å². The van der Waals surface area contributed by atoms with Crippen LogP contribution >= 0.6 is 12.4 Å². The van der Waals surface area contributed by atoms with Gasteiger partial charge in [0.05, 0.1) is 6.42 Å². The number of hydrogen-bond donors (Lipinski definition) is 2. The van der Waals surface area contributed by atoms with Crippen LogP contribution in [0.25, 0.3) is 0 Å².